The molecule has 2 aromatic rings. The number of fused-ring (bicyclic) bond motifs is 1. The van der Waals surface area contributed by atoms with Crippen LogP contribution in [-0.2, 0) is 6.42 Å². The molecule has 0 aliphatic carbocycles. The monoisotopic (exact) mass is 309 g/mol. The first-order valence-electron chi connectivity index (χ1n) is 6.59. The van der Waals surface area contributed by atoms with Crippen molar-refractivity contribution in [2.24, 2.45) is 0 Å². The molecule has 0 saturated carbocycles. The molecule has 1 N–H and O–H groups in total. The lowest BCUT2D eigenvalue weighted by Gasteiger charge is -2.14. The van der Waals surface area contributed by atoms with Gasteiger partial charge in [0.15, 0.2) is 11.5 Å². The molecule has 3 rings (SSSR count). The summed E-state index contributed by atoms with van der Waals surface area (Å²) in [5.41, 5.74) is 1.21. The standard InChI is InChI=1S/C15H16ClNO2S/c1-10(17-7-6-12-3-5-15(16)20-12)11-2-4-13-14(8-11)19-9-18-13/h2-5,8,10,17H,6-7,9H2,1H3. The number of nitrogens with one attached hydrogen (secondary N) is 1. The highest BCUT2D eigenvalue weighted by molar-refractivity contribution is 7.16. The fourth-order valence-electron chi connectivity index (χ4n) is 2.20. The van der Waals surface area contributed by atoms with Gasteiger partial charge in [-0.1, -0.05) is 17.7 Å². The fourth-order valence-corrected chi connectivity index (χ4v) is 3.29. The second-order valence-electron chi connectivity index (χ2n) is 4.74. The molecule has 106 valence electrons. The number of rotatable bonds is 5. The van der Waals surface area contributed by atoms with Crippen LogP contribution in [0.5, 0.6) is 11.5 Å². The van der Waals surface area contributed by atoms with Crippen LogP contribution in [0.1, 0.15) is 23.4 Å². The van der Waals surface area contributed by atoms with Gasteiger partial charge in [0.2, 0.25) is 6.79 Å². The van der Waals surface area contributed by atoms with E-state index < -0.39 is 0 Å². The van der Waals surface area contributed by atoms with Crippen LogP contribution in [0.2, 0.25) is 4.34 Å². The molecule has 0 amide bonds. The van der Waals surface area contributed by atoms with Gasteiger partial charge in [0.25, 0.3) is 0 Å². The van der Waals surface area contributed by atoms with Crippen molar-refractivity contribution in [1.82, 2.24) is 5.32 Å². The normalized spacial score (nSPS) is 14.5. The molecule has 20 heavy (non-hydrogen) atoms. The topological polar surface area (TPSA) is 30.5 Å². The predicted molar refractivity (Wildman–Crippen MR) is 82.0 cm³/mol. The zero-order chi connectivity index (χ0) is 13.9. The highest BCUT2D eigenvalue weighted by Gasteiger charge is 2.15. The van der Waals surface area contributed by atoms with Gasteiger partial charge in [0.05, 0.1) is 4.34 Å². The number of halogens is 1. The van der Waals surface area contributed by atoms with Crippen LogP contribution in [0.4, 0.5) is 0 Å². The summed E-state index contributed by atoms with van der Waals surface area (Å²) in [4.78, 5) is 1.31. The third kappa shape index (κ3) is 3.08. The number of ether oxygens (including phenoxy) is 2. The molecule has 1 aromatic heterocycles. The maximum Gasteiger partial charge on any atom is 0.231 e. The molecule has 1 aromatic carbocycles. The molecule has 0 bridgehead atoms. The van der Waals surface area contributed by atoms with Crippen LogP contribution in [-0.4, -0.2) is 13.3 Å². The minimum Gasteiger partial charge on any atom is -0.454 e. The summed E-state index contributed by atoms with van der Waals surface area (Å²) in [5, 5.41) is 3.52. The maximum absolute atomic E-state index is 5.92. The van der Waals surface area contributed by atoms with E-state index >= 15 is 0 Å². The van der Waals surface area contributed by atoms with Crippen LogP contribution in [0.15, 0.2) is 30.3 Å². The number of hydrogen-bond acceptors (Lipinski definition) is 4. The van der Waals surface area contributed by atoms with E-state index in [0.29, 0.717) is 6.79 Å². The fraction of sp³-hybridized carbons (Fsp3) is 0.333. The van der Waals surface area contributed by atoms with Gasteiger partial charge in [-0.05, 0) is 43.2 Å². The van der Waals surface area contributed by atoms with Crippen molar-refractivity contribution in [3.63, 3.8) is 0 Å². The van der Waals surface area contributed by atoms with Gasteiger partial charge in [-0.15, -0.1) is 11.3 Å². The summed E-state index contributed by atoms with van der Waals surface area (Å²) in [6, 6.07) is 10.4. The van der Waals surface area contributed by atoms with Crippen molar-refractivity contribution in [2.75, 3.05) is 13.3 Å². The second kappa shape index (κ2) is 6.04. The molecule has 0 radical (unpaired) electrons. The van der Waals surface area contributed by atoms with Gasteiger partial charge >= 0.3 is 0 Å². The van der Waals surface area contributed by atoms with Crippen molar-refractivity contribution in [3.8, 4) is 11.5 Å². The molecule has 1 atom stereocenters. The van der Waals surface area contributed by atoms with E-state index in [2.05, 4.69) is 24.4 Å². The van der Waals surface area contributed by atoms with Crippen molar-refractivity contribution < 1.29 is 9.47 Å². The Bertz CT molecular complexity index is 599. The van der Waals surface area contributed by atoms with Gasteiger partial charge < -0.3 is 14.8 Å². The Morgan fingerprint density at radius 1 is 1.25 bits per heavy atom. The molecule has 0 saturated heterocycles. The van der Waals surface area contributed by atoms with Gasteiger partial charge in [-0.25, -0.2) is 0 Å². The van der Waals surface area contributed by atoms with E-state index in [1.807, 2.05) is 18.2 Å². The lowest BCUT2D eigenvalue weighted by atomic mass is 10.1. The first-order chi connectivity index (χ1) is 9.72. The Kier molecular flexibility index (Phi) is 4.15. The highest BCUT2D eigenvalue weighted by atomic mass is 35.5. The predicted octanol–water partition coefficient (Wildman–Crippen LogP) is 4.02. The van der Waals surface area contributed by atoms with E-state index in [0.717, 1.165) is 28.8 Å². The highest BCUT2D eigenvalue weighted by Crippen LogP contribution is 2.34. The largest absolute Gasteiger partial charge is 0.454 e. The van der Waals surface area contributed by atoms with Gasteiger partial charge in [0.1, 0.15) is 0 Å². The summed E-state index contributed by atoms with van der Waals surface area (Å²) >= 11 is 7.56. The molecule has 3 nitrogen and oxygen atoms in total. The molecule has 1 aliphatic heterocycles. The summed E-state index contributed by atoms with van der Waals surface area (Å²) in [6.45, 7) is 3.39. The average Bonchev–Trinajstić information content (AvgIpc) is 3.06. The SMILES string of the molecule is CC(NCCc1ccc(Cl)s1)c1ccc2c(c1)OCO2. The Balaban J connectivity index is 1.55. The summed E-state index contributed by atoms with van der Waals surface area (Å²) in [5.74, 6) is 1.66. The molecule has 1 unspecified atom stereocenters. The van der Waals surface area contributed by atoms with E-state index in [4.69, 9.17) is 21.1 Å². The van der Waals surface area contributed by atoms with Crippen LogP contribution in [0.3, 0.4) is 0 Å². The minimum absolute atomic E-state index is 0.278. The van der Waals surface area contributed by atoms with Crippen LogP contribution < -0.4 is 14.8 Å². The van der Waals surface area contributed by atoms with Crippen molar-refractivity contribution in [3.05, 3.63) is 45.1 Å². The zero-order valence-corrected chi connectivity index (χ0v) is 12.8. The second-order valence-corrected chi connectivity index (χ2v) is 6.54. The summed E-state index contributed by atoms with van der Waals surface area (Å²) < 4.78 is 11.6. The Hall–Kier alpha value is -1.23. The van der Waals surface area contributed by atoms with Gasteiger partial charge in [-0.3, -0.25) is 0 Å². The first kappa shape index (κ1) is 13.7. The average molecular weight is 310 g/mol. The van der Waals surface area contributed by atoms with Crippen molar-refractivity contribution in [2.45, 2.75) is 19.4 Å². The molecule has 0 spiro atoms. The lowest BCUT2D eigenvalue weighted by Crippen LogP contribution is -2.21. The summed E-state index contributed by atoms with van der Waals surface area (Å²) in [6.07, 6.45) is 0.992. The lowest BCUT2D eigenvalue weighted by molar-refractivity contribution is 0.174. The zero-order valence-electron chi connectivity index (χ0n) is 11.2. The quantitative estimate of drug-likeness (QED) is 0.904. The van der Waals surface area contributed by atoms with Crippen LogP contribution >= 0.6 is 22.9 Å². The van der Waals surface area contributed by atoms with E-state index in [1.165, 1.54) is 10.4 Å². The molecule has 1 aliphatic rings. The third-order valence-electron chi connectivity index (χ3n) is 3.35. The molecule has 2 heterocycles. The summed E-state index contributed by atoms with van der Waals surface area (Å²) in [7, 11) is 0. The molecule has 5 heteroatoms. The van der Waals surface area contributed by atoms with E-state index in [1.54, 1.807) is 11.3 Å². The van der Waals surface area contributed by atoms with E-state index in [-0.39, 0.29) is 6.04 Å². The minimum atomic E-state index is 0.278. The number of hydrogen-bond donors (Lipinski definition) is 1. The smallest absolute Gasteiger partial charge is 0.231 e. The molecular weight excluding hydrogens is 294 g/mol. The van der Waals surface area contributed by atoms with Crippen molar-refractivity contribution >= 4 is 22.9 Å². The Labute approximate surface area is 127 Å². The van der Waals surface area contributed by atoms with E-state index in [9.17, 15) is 0 Å². The third-order valence-corrected chi connectivity index (χ3v) is 4.64. The van der Waals surface area contributed by atoms with Gasteiger partial charge in [0, 0.05) is 17.5 Å². The first-order valence-corrected chi connectivity index (χ1v) is 7.79. The van der Waals surface area contributed by atoms with Crippen LogP contribution in [0, 0.1) is 0 Å². The van der Waals surface area contributed by atoms with Crippen LogP contribution in [0.25, 0.3) is 0 Å². The maximum atomic E-state index is 5.92. The number of benzene rings is 1. The van der Waals surface area contributed by atoms with Crippen molar-refractivity contribution in [1.29, 1.82) is 0 Å². The Morgan fingerprint density at radius 2 is 2.10 bits per heavy atom. The van der Waals surface area contributed by atoms with Gasteiger partial charge in [-0.2, -0.15) is 0 Å². The molecular formula is C15H16ClNO2S. The molecule has 0 fully saturated rings. The Morgan fingerprint density at radius 3 is 2.90 bits per heavy atom. The number of thiophene rings is 1.